The highest BCUT2D eigenvalue weighted by Gasteiger charge is 2.07. The molecule has 0 atom stereocenters. The van der Waals surface area contributed by atoms with Crippen molar-refractivity contribution in [1.82, 2.24) is 0 Å². The molecule has 132 valence electrons. The number of nitrogens with one attached hydrogen (secondary N) is 2. The minimum atomic E-state index is -0.144. The largest absolute Gasteiger partial charge is 0.497 e. The number of carbonyl (C=O) groups excluding carboxylic acids is 2. The van der Waals surface area contributed by atoms with Gasteiger partial charge in [-0.05, 0) is 61.4 Å². The fourth-order valence-corrected chi connectivity index (χ4v) is 2.97. The van der Waals surface area contributed by atoms with E-state index in [1.54, 1.807) is 31.4 Å². The molecule has 2 rings (SSSR count). The van der Waals surface area contributed by atoms with Crippen LogP contribution in [0.3, 0.4) is 0 Å². The van der Waals surface area contributed by atoms with E-state index in [2.05, 4.69) is 10.6 Å². The smallest absolute Gasteiger partial charge is 0.234 e. The third-order valence-corrected chi connectivity index (χ3v) is 4.28. The van der Waals surface area contributed by atoms with Crippen LogP contribution in [0.1, 0.15) is 11.1 Å². The fraction of sp³-hybridized carbons (Fsp3) is 0.263. The summed E-state index contributed by atoms with van der Waals surface area (Å²) in [6, 6.07) is 13.0. The molecule has 2 aromatic rings. The van der Waals surface area contributed by atoms with E-state index in [0.717, 1.165) is 22.6 Å². The van der Waals surface area contributed by atoms with Gasteiger partial charge >= 0.3 is 0 Å². The predicted molar refractivity (Wildman–Crippen MR) is 103 cm³/mol. The Hall–Kier alpha value is -2.47. The number of thioether (sulfide) groups is 1. The number of anilines is 2. The Bertz CT molecular complexity index is 725. The molecule has 2 amide bonds. The lowest BCUT2D eigenvalue weighted by Gasteiger charge is -2.08. The maximum absolute atomic E-state index is 12.0. The molecule has 0 aromatic heterocycles. The van der Waals surface area contributed by atoms with Crippen molar-refractivity contribution in [3.05, 3.63) is 53.6 Å². The molecule has 0 spiro atoms. The van der Waals surface area contributed by atoms with Gasteiger partial charge in [-0.2, -0.15) is 0 Å². The molecule has 6 heteroatoms. The highest BCUT2D eigenvalue weighted by Crippen LogP contribution is 2.16. The molecule has 0 radical (unpaired) electrons. The molecule has 2 aromatic carbocycles. The second-order valence-corrected chi connectivity index (χ2v) is 6.68. The van der Waals surface area contributed by atoms with Gasteiger partial charge in [0.1, 0.15) is 5.75 Å². The SMILES string of the molecule is COc1ccc(NC(=O)CSCC(=O)Nc2cc(C)cc(C)c2)cc1. The van der Waals surface area contributed by atoms with Gasteiger partial charge in [0.2, 0.25) is 11.8 Å². The van der Waals surface area contributed by atoms with Crippen LogP contribution in [-0.4, -0.2) is 30.4 Å². The molecule has 2 N–H and O–H groups in total. The van der Waals surface area contributed by atoms with Gasteiger partial charge < -0.3 is 15.4 Å². The first-order valence-corrected chi connectivity index (χ1v) is 9.01. The molecule has 5 nitrogen and oxygen atoms in total. The molecule has 0 aliphatic heterocycles. The first-order valence-electron chi connectivity index (χ1n) is 7.86. The van der Waals surface area contributed by atoms with Crippen LogP contribution in [0.4, 0.5) is 11.4 Å². The van der Waals surface area contributed by atoms with Crippen molar-refractivity contribution in [2.75, 3.05) is 29.2 Å². The third kappa shape index (κ3) is 6.51. The fourth-order valence-electron chi connectivity index (χ4n) is 2.35. The van der Waals surface area contributed by atoms with Crippen LogP contribution in [0.2, 0.25) is 0 Å². The van der Waals surface area contributed by atoms with Crippen molar-refractivity contribution in [1.29, 1.82) is 0 Å². The Morgan fingerprint density at radius 3 is 1.92 bits per heavy atom. The maximum Gasteiger partial charge on any atom is 0.234 e. The normalized spacial score (nSPS) is 10.2. The number of hydrogen-bond donors (Lipinski definition) is 2. The highest BCUT2D eigenvalue weighted by molar-refractivity contribution is 8.00. The van der Waals surface area contributed by atoms with Gasteiger partial charge in [-0.3, -0.25) is 9.59 Å². The van der Waals surface area contributed by atoms with Crippen LogP contribution in [0.15, 0.2) is 42.5 Å². The zero-order chi connectivity index (χ0) is 18.2. The molecule has 0 heterocycles. The van der Waals surface area contributed by atoms with E-state index < -0.39 is 0 Å². The summed E-state index contributed by atoms with van der Waals surface area (Å²) in [5.74, 6) is 0.909. The number of amides is 2. The Morgan fingerprint density at radius 2 is 1.40 bits per heavy atom. The Labute approximate surface area is 152 Å². The molecule has 0 aliphatic rings. The van der Waals surface area contributed by atoms with Gasteiger partial charge in [0.15, 0.2) is 0 Å². The summed E-state index contributed by atoms with van der Waals surface area (Å²) >= 11 is 1.28. The van der Waals surface area contributed by atoms with E-state index >= 15 is 0 Å². The van der Waals surface area contributed by atoms with Gasteiger partial charge in [0.05, 0.1) is 18.6 Å². The molecular weight excluding hydrogens is 336 g/mol. The quantitative estimate of drug-likeness (QED) is 0.793. The van der Waals surface area contributed by atoms with Crippen molar-refractivity contribution in [2.24, 2.45) is 0 Å². The molecule has 25 heavy (non-hydrogen) atoms. The van der Waals surface area contributed by atoms with Crippen molar-refractivity contribution in [3.63, 3.8) is 0 Å². The number of carbonyl (C=O) groups is 2. The van der Waals surface area contributed by atoms with Crippen LogP contribution >= 0.6 is 11.8 Å². The van der Waals surface area contributed by atoms with Crippen LogP contribution in [0.5, 0.6) is 5.75 Å². The van der Waals surface area contributed by atoms with Crippen LogP contribution in [-0.2, 0) is 9.59 Å². The summed E-state index contributed by atoms with van der Waals surface area (Å²) in [6.45, 7) is 3.97. The number of rotatable bonds is 7. The van der Waals surface area contributed by atoms with Crippen molar-refractivity contribution in [3.8, 4) is 5.75 Å². The minimum Gasteiger partial charge on any atom is -0.497 e. The second kappa shape index (κ2) is 9.13. The third-order valence-electron chi connectivity index (χ3n) is 3.35. The average Bonchev–Trinajstić information content (AvgIpc) is 2.54. The monoisotopic (exact) mass is 358 g/mol. The molecule has 0 bridgehead atoms. The standard InChI is InChI=1S/C19H22N2O3S/c1-13-8-14(2)10-16(9-13)21-19(23)12-25-11-18(22)20-15-4-6-17(24-3)7-5-15/h4-10H,11-12H2,1-3H3,(H,20,22)(H,21,23). The molecule has 0 saturated carbocycles. The number of methoxy groups -OCH3 is 1. The Kier molecular flexibility index (Phi) is 6.89. The summed E-state index contributed by atoms with van der Waals surface area (Å²) in [4.78, 5) is 23.9. The van der Waals surface area contributed by atoms with Gasteiger partial charge in [-0.1, -0.05) is 6.07 Å². The summed E-state index contributed by atoms with van der Waals surface area (Å²) in [7, 11) is 1.59. The zero-order valence-electron chi connectivity index (χ0n) is 14.6. The van der Waals surface area contributed by atoms with Gasteiger partial charge in [0.25, 0.3) is 0 Å². The molecule has 0 unspecified atom stereocenters. The van der Waals surface area contributed by atoms with E-state index in [-0.39, 0.29) is 23.3 Å². The Balaban J connectivity index is 1.73. The summed E-state index contributed by atoms with van der Waals surface area (Å²) < 4.78 is 5.07. The van der Waals surface area contributed by atoms with Gasteiger partial charge in [-0.15, -0.1) is 11.8 Å². The van der Waals surface area contributed by atoms with E-state index in [4.69, 9.17) is 4.74 Å². The van der Waals surface area contributed by atoms with Crippen molar-refractivity contribution in [2.45, 2.75) is 13.8 Å². The van der Waals surface area contributed by atoms with E-state index in [9.17, 15) is 9.59 Å². The van der Waals surface area contributed by atoms with E-state index in [1.165, 1.54) is 11.8 Å². The van der Waals surface area contributed by atoms with Crippen LogP contribution in [0, 0.1) is 13.8 Å². The van der Waals surface area contributed by atoms with Crippen LogP contribution < -0.4 is 15.4 Å². The van der Waals surface area contributed by atoms with E-state index in [0.29, 0.717) is 5.69 Å². The van der Waals surface area contributed by atoms with Gasteiger partial charge in [-0.25, -0.2) is 0 Å². The van der Waals surface area contributed by atoms with Crippen molar-refractivity contribution < 1.29 is 14.3 Å². The van der Waals surface area contributed by atoms with Gasteiger partial charge in [0, 0.05) is 11.4 Å². The number of aryl methyl sites for hydroxylation is 2. The number of hydrogen-bond acceptors (Lipinski definition) is 4. The molecule has 0 fully saturated rings. The molecule has 0 saturated heterocycles. The first kappa shape index (κ1) is 18.9. The lowest BCUT2D eigenvalue weighted by atomic mass is 10.1. The minimum absolute atomic E-state index is 0.118. The van der Waals surface area contributed by atoms with E-state index in [1.807, 2.05) is 32.0 Å². The summed E-state index contributed by atoms with van der Waals surface area (Å²) in [6.07, 6.45) is 0. The highest BCUT2D eigenvalue weighted by atomic mass is 32.2. The second-order valence-electron chi connectivity index (χ2n) is 5.69. The summed E-state index contributed by atoms with van der Waals surface area (Å²) in [5.41, 5.74) is 3.68. The number of benzene rings is 2. The van der Waals surface area contributed by atoms with Crippen LogP contribution in [0.25, 0.3) is 0 Å². The average molecular weight is 358 g/mol. The summed E-state index contributed by atoms with van der Waals surface area (Å²) in [5, 5.41) is 5.64. The maximum atomic E-state index is 12.0. The topological polar surface area (TPSA) is 67.4 Å². The number of ether oxygens (including phenoxy) is 1. The lowest BCUT2D eigenvalue weighted by Crippen LogP contribution is -2.18. The molecule has 0 aliphatic carbocycles. The van der Waals surface area contributed by atoms with Crippen molar-refractivity contribution >= 4 is 35.0 Å². The molecular formula is C19H22N2O3S. The zero-order valence-corrected chi connectivity index (χ0v) is 15.4. The lowest BCUT2D eigenvalue weighted by molar-refractivity contribution is -0.114. The first-order chi connectivity index (χ1) is 12.0. The Morgan fingerprint density at radius 1 is 0.880 bits per heavy atom. The predicted octanol–water partition coefficient (Wildman–Crippen LogP) is 3.62.